The lowest BCUT2D eigenvalue weighted by Gasteiger charge is -2.29. The standard InChI is InChI=1S/C15H21IO3/c1-4-17-13(2)19-15(3,10-11-16)12-18-14-8-6-5-7-9-14/h5-11,13H,4,12H2,1-3H3. The number of halogens is 1. The molecule has 2 unspecified atom stereocenters. The molecule has 2 atom stereocenters. The lowest BCUT2D eigenvalue weighted by molar-refractivity contribution is -0.186. The van der Waals surface area contributed by atoms with Crippen LogP contribution in [0.2, 0.25) is 0 Å². The van der Waals surface area contributed by atoms with E-state index in [4.69, 9.17) is 14.2 Å². The van der Waals surface area contributed by atoms with Crippen LogP contribution >= 0.6 is 22.6 Å². The zero-order valence-electron chi connectivity index (χ0n) is 11.6. The maximum Gasteiger partial charge on any atom is 0.156 e. The number of para-hydroxylation sites is 1. The number of ether oxygens (including phenoxy) is 3. The molecule has 0 heterocycles. The van der Waals surface area contributed by atoms with Crippen LogP contribution in [0, 0.1) is 0 Å². The van der Waals surface area contributed by atoms with Crippen molar-refractivity contribution in [1.29, 1.82) is 0 Å². The normalized spacial score (nSPS) is 16.2. The third-order valence-corrected chi connectivity index (χ3v) is 2.88. The van der Waals surface area contributed by atoms with Gasteiger partial charge in [-0.2, -0.15) is 0 Å². The van der Waals surface area contributed by atoms with Crippen molar-refractivity contribution in [2.75, 3.05) is 13.2 Å². The molecule has 1 aromatic rings. The highest BCUT2D eigenvalue weighted by Crippen LogP contribution is 2.19. The fourth-order valence-electron chi connectivity index (χ4n) is 1.65. The third-order valence-electron chi connectivity index (χ3n) is 2.52. The van der Waals surface area contributed by atoms with Gasteiger partial charge in [-0.3, -0.25) is 0 Å². The molecule has 106 valence electrons. The fraction of sp³-hybridized carbons (Fsp3) is 0.467. The van der Waals surface area contributed by atoms with Crippen molar-refractivity contribution in [1.82, 2.24) is 0 Å². The highest BCUT2D eigenvalue weighted by molar-refractivity contribution is 14.1. The van der Waals surface area contributed by atoms with Crippen LogP contribution in [0.3, 0.4) is 0 Å². The van der Waals surface area contributed by atoms with Gasteiger partial charge in [0, 0.05) is 6.61 Å². The quantitative estimate of drug-likeness (QED) is 0.504. The summed E-state index contributed by atoms with van der Waals surface area (Å²) in [7, 11) is 0. The molecular formula is C15H21IO3. The van der Waals surface area contributed by atoms with Crippen molar-refractivity contribution in [3.05, 3.63) is 40.5 Å². The fourth-order valence-corrected chi connectivity index (χ4v) is 2.41. The molecule has 0 aliphatic carbocycles. The smallest absolute Gasteiger partial charge is 0.156 e. The Hall–Kier alpha value is -0.590. The first-order chi connectivity index (χ1) is 9.09. The van der Waals surface area contributed by atoms with E-state index in [0.717, 1.165) is 5.75 Å². The lowest BCUT2D eigenvalue weighted by atomic mass is 10.1. The molecule has 0 spiro atoms. The molecular weight excluding hydrogens is 355 g/mol. The first-order valence-electron chi connectivity index (χ1n) is 6.35. The molecule has 1 rings (SSSR count). The van der Waals surface area contributed by atoms with Gasteiger partial charge in [0.15, 0.2) is 6.29 Å². The molecule has 0 bridgehead atoms. The summed E-state index contributed by atoms with van der Waals surface area (Å²) in [5.41, 5.74) is -0.508. The average molecular weight is 376 g/mol. The zero-order chi connectivity index (χ0) is 14.1. The van der Waals surface area contributed by atoms with Crippen molar-refractivity contribution in [2.45, 2.75) is 32.7 Å². The topological polar surface area (TPSA) is 27.7 Å². The third kappa shape index (κ3) is 6.40. The molecule has 1 aromatic carbocycles. The van der Waals surface area contributed by atoms with Crippen molar-refractivity contribution >= 4 is 22.6 Å². The second kappa shape index (κ2) is 8.55. The van der Waals surface area contributed by atoms with E-state index < -0.39 is 5.60 Å². The van der Waals surface area contributed by atoms with E-state index in [1.165, 1.54) is 0 Å². The highest BCUT2D eigenvalue weighted by Gasteiger charge is 2.26. The van der Waals surface area contributed by atoms with Gasteiger partial charge in [0.2, 0.25) is 0 Å². The maximum atomic E-state index is 5.90. The number of hydrogen-bond acceptors (Lipinski definition) is 3. The number of benzene rings is 1. The first-order valence-corrected chi connectivity index (χ1v) is 7.59. The minimum absolute atomic E-state index is 0.262. The van der Waals surface area contributed by atoms with E-state index >= 15 is 0 Å². The van der Waals surface area contributed by atoms with Gasteiger partial charge in [-0.15, -0.1) is 0 Å². The monoisotopic (exact) mass is 376 g/mol. The minimum Gasteiger partial charge on any atom is -0.490 e. The highest BCUT2D eigenvalue weighted by atomic mass is 127. The van der Waals surface area contributed by atoms with E-state index in [0.29, 0.717) is 13.2 Å². The molecule has 0 radical (unpaired) electrons. The summed E-state index contributed by atoms with van der Waals surface area (Å²) in [4.78, 5) is 0. The lowest BCUT2D eigenvalue weighted by Crippen LogP contribution is -2.37. The van der Waals surface area contributed by atoms with Gasteiger partial charge >= 0.3 is 0 Å². The number of hydrogen-bond donors (Lipinski definition) is 0. The molecule has 19 heavy (non-hydrogen) atoms. The SMILES string of the molecule is CCOC(C)OC(C)(C=CI)COc1ccccc1. The Morgan fingerprint density at radius 1 is 1.32 bits per heavy atom. The summed E-state index contributed by atoms with van der Waals surface area (Å²) < 4.78 is 19.0. The van der Waals surface area contributed by atoms with Crippen LogP contribution in [0.4, 0.5) is 0 Å². The predicted octanol–water partition coefficient (Wildman–Crippen LogP) is 4.17. The zero-order valence-corrected chi connectivity index (χ0v) is 13.8. The van der Waals surface area contributed by atoms with Gasteiger partial charge in [0.25, 0.3) is 0 Å². The molecule has 0 fully saturated rings. The van der Waals surface area contributed by atoms with Crippen molar-refractivity contribution in [3.8, 4) is 5.75 Å². The maximum absolute atomic E-state index is 5.90. The molecule has 0 saturated heterocycles. The van der Waals surface area contributed by atoms with Gasteiger partial charge in [-0.1, -0.05) is 40.8 Å². The van der Waals surface area contributed by atoms with Crippen LogP contribution in [0.25, 0.3) is 0 Å². The molecule has 4 heteroatoms. The van der Waals surface area contributed by atoms with Crippen LogP contribution in [0.1, 0.15) is 20.8 Å². The molecule has 0 N–H and O–H groups in total. The van der Waals surface area contributed by atoms with Crippen LogP contribution in [-0.2, 0) is 9.47 Å². The largest absolute Gasteiger partial charge is 0.490 e. The summed E-state index contributed by atoms with van der Waals surface area (Å²) in [6.45, 7) is 6.90. The summed E-state index contributed by atoms with van der Waals surface area (Å²) in [5, 5.41) is 0. The Bertz CT molecular complexity index is 380. The number of rotatable bonds is 8. The Balaban J connectivity index is 2.60. The van der Waals surface area contributed by atoms with E-state index in [9.17, 15) is 0 Å². The van der Waals surface area contributed by atoms with Crippen molar-refractivity contribution in [3.63, 3.8) is 0 Å². The predicted molar refractivity (Wildman–Crippen MR) is 85.7 cm³/mol. The first kappa shape index (κ1) is 16.5. The molecule has 3 nitrogen and oxygen atoms in total. The van der Waals surface area contributed by atoms with Gasteiger partial charge < -0.3 is 14.2 Å². The Morgan fingerprint density at radius 2 is 2.00 bits per heavy atom. The van der Waals surface area contributed by atoms with Crippen LogP contribution in [0.5, 0.6) is 5.75 Å². The molecule has 0 aliphatic heterocycles. The minimum atomic E-state index is -0.508. The van der Waals surface area contributed by atoms with Gasteiger partial charge in [0.05, 0.1) is 0 Å². The second-order valence-electron chi connectivity index (χ2n) is 4.35. The van der Waals surface area contributed by atoms with E-state index in [1.807, 2.05) is 61.3 Å². The second-order valence-corrected chi connectivity index (χ2v) is 5.07. The van der Waals surface area contributed by atoms with Crippen LogP contribution in [0.15, 0.2) is 40.5 Å². The van der Waals surface area contributed by atoms with Crippen LogP contribution in [-0.4, -0.2) is 25.1 Å². The van der Waals surface area contributed by atoms with E-state index in [-0.39, 0.29) is 6.29 Å². The molecule has 0 aromatic heterocycles. The van der Waals surface area contributed by atoms with E-state index in [1.54, 1.807) is 0 Å². The van der Waals surface area contributed by atoms with Gasteiger partial charge in [-0.05, 0) is 43.1 Å². The molecule has 0 aliphatic rings. The summed E-state index contributed by atoms with van der Waals surface area (Å²) in [6.07, 6.45) is 1.72. The Morgan fingerprint density at radius 3 is 2.58 bits per heavy atom. The van der Waals surface area contributed by atoms with Crippen LogP contribution < -0.4 is 4.74 Å². The van der Waals surface area contributed by atoms with E-state index in [2.05, 4.69) is 22.6 Å². The average Bonchev–Trinajstić information content (AvgIpc) is 2.38. The van der Waals surface area contributed by atoms with Crippen molar-refractivity contribution < 1.29 is 14.2 Å². The Kier molecular flexibility index (Phi) is 7.41. The summed E-state index contributed by atoms with van der Waals surface area (Å²) >= 11 is 2.18. The summed E-state index contributed by atoms with van der Waals surface area (Å²) in [6, 6.07) is 9.72. The van der Waals surface area contributed by atoms with Crippen molar-refractivity contribution in [2.24, 2.45) is 0 Å². The summed E-state index contributed by atoms with van der Waals surface area (Å²) in [5.74, 6) is 0.836. The molecule has 0 saturated carbocycles. The molecule has 0 amide bonds. The van der Waals surface area contributed by atoms with Gasteiger partial charge in [-0.25, -0.2) is 0 Å². The van der Waals surface area contributed by atoms with Gasteiger partial charge in [0.1, 0.15) is 18.0 Å². The Labute approximate surface area is 129 Å².